The zero-order chi connectivity index (χ0) is 14.5. The Balaban J connectivity index is 2.08. The normalized spacial score (nSPS) is 18.2. The zero-order valence-corrected chi connectivity index (χ0v) is 11.8. The van der Waals surface area contributed by atoms with Crippen LogP contribution in [0.2, 0.25) is 0 Å². The molecule has 0 amide bonds. The fourth-order valence-corrected chi connectivity index (χ4v) is 2.16. The first-order valence-electron chi connectivity index (χ1n) is 6.84. The molecule has 1 atom stereocenters. The second-order valence-electron chi connectivity index (χ2n) is 5.26. The van der Waals surface area contributed by atoms with Gasteiger partial charge in [0, 0.05) is 18.5 Å². The van der Waals surface area contributed by atoms with Gasteiger partial charge in [0.15, 0.2) is 0 Å². The minimum Gasteiger partial charge on any atom is -0.493 e. The van der Waals surface area contributed by atoms with E-state index in [2.05, 4.69) is 5.32 Å². The third-order valence-corrected chi connectivity index (χ3v) is 3.10. The van der Waals surface area contributed by atoms with Crippen molar-refractivity contribution >= 4 is 5.69 Å². The first-order valence-corrected chi connectivity index (χ1v) is 6.84. The van der Waals surface area contributed by atoms with Crippen molar-refractivity contribution in [3.05, 3.63) is 28.3 Å². The molecule has 1 unspecified atom stereocenters. The zero-order valence-electron chi connectivity index (χ0n) is 11.8. The number of hydrogen-bond acceptors (Lipinski definition) is 5. The highest BCUT2D eigenvalue weighted by molar-refractivity contribution is 5.46. The lowest BCUT2D eigenvalue weighted by Crippen LogP contribution is -2.15. The third kappa shape index (κ3) is 4.09. The van der Waals surface area contributed by atoms with Crippen molar-refractivity contribution in [3.8, 4) is 11.5 Å². The maximum Gasteiger partial charge on any atom is 0.276 e. The van der Waals surface area contributed by atoms with Gasteiger partial charge in [0.05, 0.1) is 29.8 Å². The second kappa shape index (κ2) is 6.56. The van der Waals surface area contributed by atoms with Gasteiger partial charge in [0.1, 0.15) is 11.5 Å². The third-order valence-electron chi connectivity index (χ3n) is 3.10. The van der Waals surface area contributed by atoms with Crippen molar-refractivity contribution in [1.29, 1.82) is 0 Å². The van der Waals surface area contributed by atoms with Crippen LogP contribution in [-0.2, 0) is 0 Å². The van der Waals surface area contributed by atoms with Crippen molar-refractivity contribution in [2.75, 3.05) is 19.7 Å². The van der Waals surface area contributed by atoms with Crippen LogP contribution in [0.4, 0.5) is 5.69 Å². The van der Waals surface area contributed by atoms with Gasteiger partial charge in [0.25, 0.3) is 5.69 Å². The molecule has 1 aliphatic rings. The summed E-state index contributed by atoms with van der Waals surface area (Å²) in [6.07, 6.45) is 1.04. The summed E-state index contributed by atoms with van der Waals surface area (Å²) in [6.45, 7) is 6.26. The fraction of sp³-hybridized carbons (Fsp3) is 0.571. The summed E-state index contributed by atoms with van der Waals surface area (Å²) in [4.78, 5) is 10.5. The van der Waals surface area contributed by atoms with E-state index in [1.807, 2.05) is 13.8 Å². The monoisotopic (exact) mass is 280 g/mol. The molecule has 1 saturated heterocycles. The number of hydrogen-bond donors (Lipinski definition) is 1. The predicted molar refractivity (Wildman–Crippen MR) is 75.3 cm³/mol. The van der Waals surface area contributed by atoms with Crippen molar-refractivity contribution < 1.29 is 14.4 Å². The molecule has 0 radical (unpaired) electrons. The maximum absolute atomic E-state index is 10.9. The van der Waals surface area contributed by atoms with Crippen molar-refractivity contribution in [2.45, 2.75) is 26.4 Å². The number of nitrogens with one attached hydrogen (secondary N) is 1. The molecule has 1 N–H and O–H groups in total. The van der Waals surface area contributed by atoms with Gasteiger partial charge in [-0.05, 0) is 26.8 Å². The summed E-state index contributed by atoms with van der Waals surface area (Å²) in [6, 6.07) is 4.56. The Morgan fingerprint density at radius 1 is 1.40 bits per heavy atom. The molecule has 0 saturated carbocycles. The first kappa shape index (κ1) is 14.6. The van der Waals surface area contributed by atoms with Crippen LogP contribution in [0.5, 0.6) is 11.5 Å². The molecule has 0 spiro atoms. The molecule has 6 heteroatoms. The van der Waals surface area contributed by atoms with Crippen LogP contribution in [0.3, 0.4) is 0 Å². The van der Waals surface area contributed by atoms with Crippen LogP contribution in [0, 0.1) is 16.0 Å². The summed E-state index contributed by atoms with van der Waals surface area (Å²) in [5.74, 6) is 1.42. The Morgan fingerprint density at radius 2 is 2.15 bits per heavy atom. The fourth-order valence-electron chi connectivity index (χ4n) is 2.16. The number of nitro benzene ring substituents is 1. The average molecular weight is 280 g/mol. The standard InChI is InChI=1S/C14H20N2O4/c1-10(2)20-14-6-12(16(17)18)5-13(7-14)19-9-11-3-4-15-8-11/h5-7,10-11,15H,3-4,8-9H2,1-2H3. The van der Waals surface area contributed by atoms with Gasteiger partial charge in [-0.15, -0.1) is 0 Å². The smallest absolute Gasteiger partial charge is 0.276 e. The topological polar surface area (TPSA) is 73.6 Å². The Kier molecular flexibility index (Phi) is 4.79. The molecule has 0 aliphatic carbocycles. The van der Waals surface area contributed by atoms with Crippen molar-refractivity contribution in [2.24, 2.45) is 5.92 Å². The summed E-state index contributed by atoms with van der Waals surface area (Å²) >= 11 is 0. The van der Waals surface area contributed by atoms with Crippen LogP contribution in [0.15, 0.2) is 18.2 Å². The van der Waals surface area contributed by atoms with E-state index < -0.39 is 4.92 Å². The molecule has 1 heterocycles. The highest BCUT2D eigenvalue weighted by Gasteiger charge is 2.17. The molecule has 1 aromatic carbocycles. The molecule has 110 valence electrons. The van der Waals surface area contributed by atoms with Crippen molar-refractivity contribution in [1.82, 2.24) is 5.32 Å². The van der Waals surface area contributed by atoms with E-state index >= 15 is 0 Å². The summed E-state index contributed by atoms with van der Waals surface area (Å²) in [5.41, 5.74) is -0.0114. The highest BCUT2D eigenvalue weighted by atomic mass is 16.6. The lowest BCUT2D eigenvalue weighted by molar-refractivity contribution is -0.385. The number of nitro groups is 1. The Morgan fingerprint density at radius 3 is 2.75 bits per heavy atom. The molecule has 20 heavy (non-hydrogen) atoms. The summed E-state index contributed by atoms with van der Waals surface area (Å²) in [7, 11) is 0. The number of nitrogens with zero attached hydrogens (tertiary/aromatic N) is 1. The molecule has 1 aliphatic heterocycles. The molecule has 2 rings (SSSR count). The van der Waals surface area contributed by atoms with Crippen molar-refractivity contribution in [3.63, 3.8) is 0 Å². The Hall–Kier alpha value is -1.82. The van der Waals surface area contributed by atoms with E-state index in [-0.39, 0.29) is 11.8 Å². The van der Waals surface area contributed by atoms with Gasteiger partial charge in [-0.1, -0.05) is 0 Å². The van der Waals surface area contributed by atoms with Gasteiger partial charge in [0.2, 0.25) is 0 Å². The lowest BCUT2D eigenvalue weighted by Gasteiger charge is -2.13. The molecular formula is C14H20N2O4. The van der Waals surface area contributed by atoms with E-state index in [0.29, 0.717) is 24.0 Å². The SMILES string of the molecule is CC(C)Oc1cc(OCC2CCNC2)cc([N+](=O)[O-])c1. The molecule has 1 fully saturated rings. The highest BCUT2D eigenvalue weighted by Crippen LogP contribution is 2.28. The molecule has 1 aromatic rings. The van der Waals surface area contributed by atoms with E-state index in [1.54, 1.807) is 6.07 Å². The van der Waals surface area contributed by atoms with Crippen LogP contribution in [0.1, 0.15) is 20.3 Å². The predicted octanol–water partition coefficient (Wildman–Crippen LogP) is 2.37. The van der Waals surface area contributed by atoms with Crippen LogP contribution < -0.4 is 14.8 Å². The van der Waals surface area contributed by atoms with Gasteiger partial charge in [-0.25, -0.2) is 0 Å². The van der Waals surface area contributed by atoms with Crippen LogP contribution in [-0.4, -0.2) is 30.7 Å². The summed E-state index contributed by atoms with van der Waals surface area (Å²) in [5, 5.41) is 14.2. The second-order valence-corrected chi connectivity index (χ2v) is 5.26. The van der Waals surface area contributed by atoms with Gasteiger partial charge in [-0.3, -0.25) is 10.1 Å². The van der Waals surface area contributed by atoms with Crippen LogP contribution >= 0.6 is 0 Å². The quantitative estimate of drug-likeness (QED) is 0.639. The number of rotatable bonds is 6. The lowest BCUT2D eigenvalue weighted by atomic mass is 10.1. The molecule has 6 nitrogen and oxygen atoms in total. The van der Waals surface area contributed by atoms with Gasteiger partial charge < -0.3 is 14.8 Å². The Bertz CT molecular complexity index is 470. The van der Waals surface area contributed by atoms with Crippen LogP contribution in [0.25, 0.3) is 0 Å². The van der Waals surface area contributed by atoms with E-state index in [9.17, 15) is 10.1 Å². The minimum atomic E-state index is -0.433. The largest absolute Gasteiger partial charge is 0.493 e. The van der Waals surface area contributed by atoms with Gasteiger partial charge in [-0.2, -0.15) is 0 Å². The number of ether oxygens (including phenoxy) is 2. The van der Waals surface area contributed by atoms with E-state index in [1.165, 1.54) is 12.1 Å². The van der Waals surface area contributed by atoms with E-state index in [0.717, 1.165) is 19.5 Å². The average Bonchev–Trinajstić information content (AvgIpc) is 2.88. The maximum atomic E-state index is 10.9. The number of non-ortho nitro benzene ring substituents is 1. The molecular weight excluding hydrogens is 260 g/mol. The first-order chi connectivity index (χ1) is 9.54. The minimum absolute atomic E-state index is 0.0114. The Labute approximate surface area is 118 Å². The van der Waals surface area contributed by atoms with E-state index in [4.69, 9.17) is 9.47 Å². The molecule has 0 bridgehead atoms. The van der Waals surface area contributed by atoms with Gasteiger partial charge >= 0.3 is 0 Å². The summed E-state index contributed by atoms with van der Waals surface area (Å²) < 4.78 is 11.2. The number of benzene rings is 1. The molecule has 0 aromatic heterocycles.